The predicted molar refractivity (Wildman–Crippen MR) is 66.4 cm³/mol. The van der Waals surface area contributed by atoms with Crippen molar-refractivity contribution in [1.82, 2.24) is 9.97 Å². The number of aliphatic hydroxyl groups is 1. The molecule has 1 heterocycles. The average molecular weight is 237 g/mol. The Morgan fingerprint density at radius 1 is 1.47 bits per heavy atom. The van der Waals surface area contributed by atoms with Crippen molar-refractivity contribution in [1.29, 1.82) is 0 Å². The van der Waals surface area contributed by atoms with Crippen molar-refractivity contribution in [2.24, 2.45) is 11.8 Å². The molecule has 0 aromatic carbocycles. The summed E-state index contributed by atoms with van der Waals surface area (Å²) in [4.78, 5) is 8.37. The van der Waals surface area contributed by atoms with Crippen molar-refractivity contribution in [3.63, 3.8) is 0 Å². The number of nitrogens with two attached hydrogens (primary N) is 1. The monoisotopic (exact) mass is 237 g/mol. The van der Waals surface area contributed by atoms with Crippen LogP contribution < -0.4 is 16.6 Å². The van der Waals surface area contributed by atoms with Crippen molar-refractivity contribution < 1.29 is 5.11 Å². The maximum atomic E-state index is 9.26. The summed E-state index contributed by atoms with van der Waals surface area (Å²) in [5, 5.41) is 12.6. The molecule has 0 amide bonds. The van der Waals surface area contributed by atoms with Crippen LogP contribution in [-0.2, 0) is 0 Å². The molecule has 2 unspecified atom stereocenters. The van der Waals surface area contributed by atoms with Crippen molar-refractivity contribution in [3.8, 4) is 0 Å². The van der Waals surface area contributed by atoms with Gasteiger partial charge >= 0.3 is 0 Å². The molecular formula is C11H19N5O. The molecule has 6 heteroatoms. The van der Waals surface area contributed by atoms with Crippen LogP contribution in [0.4, 0.5) is 11.8 Å². The van der Waals surface area contributed by atoms with Gasteiger partial charge in [0, 0.05) is 30.3 Å². The van der Waals surface area contributed by atoms with Crippen LogP contribution in [0.5, 0.6) is 0 Å². The molecule has 5 N–H and O–H groups in total. The second-order valence-electron chi connectivity index (χ2n) is 4.49. The van der Waals surface area contributed by atoms with Gasteiger partial charge in [-0.2, -0.15) is 4.98 Å². The van der Waals surface area contributed by atoms with Crippen LogP contribution in [0.25, 0.3) is 0 Å². The Morgan fingerprint density at radius 3 is 3.00 bits per heavy atom. The maximum absolute atomic E-state index is 9.26. The van der Waals surface area contributed by atoms with Gasteiger partial charge in [-0.15, -0.1) is 0 Å². The number of aryl methyl sites for hydroxylation is 1. The van der Waals surface area contributed by atoms with E-state index in [0.29, 0.717) is 17.9 Å². The van der Waals surface area contributed by atoms with Gasteiger partial charge in [-0.05, 0) is 19.8 Å². The average Bonchev–Trinajstić information content (AvgIpc) is 2.75. The number of aliphatic hydroxyl groups excluding tert-OH is 1. The molecule has 0 spiro atoms. The summed E-state index contributed by atoms with van der Waals surface area (Å²) in [5.74, 6) is 6.79. The lowest BCUT2D eigenvalue weighted by Gasteiger charge is -2.20. The second-order valence-corrected chi connectivity index (χ2v) is 4.49. The Labute approximate surface area is 101 Å². The van der Waals surface area contributed by atoms with E-state index in [2.05, 4.69) is 20.7 Å². The van der Waals surface area contributed by atoms with E-state index in [1.165, 1.54) is 0 Å². The molecule has 6 nitrogen and oxygen atoms in total. The minimum atomic E-state index is 0.226. The minimum Gasteiger partial charge on any atom is -0.396 e. The molecule has 1 fully saturated rings. The van der Waals surface area contributed by atoms with Crippen LogP contribution in [0.3, 0.4) is 0 Å². The molecule has 2 rings (SSSR count). The fourth-order valence-corrected chi connectivity index (χ4v) is 2.34. The Bertz CT molecular complexity index is 384. The molecule has 1 aromatic heterocycles. The smallest absolute Gasteiger partial charge is 0.239 e. The Hall–Kier alpha value is -1.40. The van der Waals surface area contributed by atoms with Crippen LogP contribution in [0.1, 0.15) is 25.0 Å². The topological polar surface area (TPSA) is 96.1 Å². The van der Waals surface area contributed by atoms with E-state index in [4.69, 9.17) is 5.84 Å². The molecular weight excluding hydrogens is 218 g/mol. The number of hydrogen-bond donors (Lipinski definition) is 4. The molecule has 1 aliphatic carbocycles. The highest BCUT2D eigenvalue weighted by atomic mass is 16.3. The molecule has 0 radical (unpaired) electrons. The Balaban J connectivity index is 2.09. The zero-order valence-electron chi connectivity index (χ0n) is 9.98. The fourth-order valence-electron chi connectivity index (χ4n) is 2.34. The number of aromatic nitrogens is 2. The first-order valence-corrected chi connectivity index (χ1v) is 5.92. The van der Waals surface area contributed by atoms with Crippen LogP contribution in [0.2, 0.25) is 0 Å². The SMILES string of the molecule is Cc1cc(NC2CCCC2CO)nc(NN)n1. The van der Waals surface area contributed by atoms with E-state index < -0.39 is 0 Å². The zero-order chi connectivity index (χ0) is 12.3. The third-order valence-corrected chi connectivity index (χ3v) is 3.21. The summed E-state index contributed by atoms with van der Waals surface area (Å²) in [6, 6.07) is 2.17. The van der Waals surface area contributed by atoms with E-state index in [1.54, 1.807) is 0 Å². The third-order valence-electron chi connectivity index (χ3n) is 3.21. The predicted octanol–water partition coefficient (Wildman–Crippen LogP) is 0.644. The summed E-state index contributed by atoms with van der Waals surface area (Å²) >= 11 is 0. The van der Waals surface area contributed by atoms with Gasteiger partial charge in [-0.25, -0.2) is 10.8 Å². The number of nitrogens with one attached hydrogen (secondary N) is 2. The van der Waals surface area contributed by atoms with Gasteiger partial charge in [0.1, 0.15) is 5.82 Å². The van der Waals surface area contributed by atoms with Crippen LogP contribution in [0.15, 0.2) is 6.07 Å². The summed E-state index contributed by atoms with van der Waals surface area (Å²) in [7, 11) is 0. The third kappa shape index (κ3) is 2.83. The van der Waals surface area contributed by atoms with Crippen LogP contribution in [0, 0.1) is 12.8 Å². The molecule has 0 aliphatic heterocycles. The summed E-state index contributed by atoms with van der Waals surface area (Å²) < 4.78 is 0. The summed E-state index contributed by atoms with van der Waals surface area (Å²) in [5.41, 5.74) is 3.30. The van der Waals surface area contributed by atoms with Gasteiger partial charge in [0.25, 0.3) is 0 Å². The van der Waals surface area contributed by atoms with Crippen LogP contribution in [-0.4, -0.2) is 27.7 Å². The van der Waals surface area contributed by atoms with E-state index in [1.807, 2.05) is 13.0 Å². The number of nitrogen functional groups attached to an aromatic ring is 1. The standard InChI is InChI=1S/C11H19N5O/c1-7-5-10(15-11(13-7)16-12)14-9-4-2-3-8(9)6-17/h5,8-9,17H,2-4,6,12H2,1H3,(H2,13,14,15,16). The fraction of sp³-hybridized carbons (Fsp3) is 0.636. The van der Waals surface area contributed by atoms with Crippen molar-refractivity contribution in [2.45, 2.75) is 32.2 Å². The lowest BCUT2D eigenvalue weighted by Crippen LogP contribution is -2.27. The Kier molecular flexibility index (Phi) is 3.75. The number of nitrogens with zero attached hydrogens (tertiary/aromatic N) is 2. The van der Waals surface area contributed by atoms with E-state index >= 15 is 0 Å². The molecule has 17 heavy (non-hydrogen) atoms. The lowest BCUT2D eigenvalue weighted by atomic mass is 10.1. The molecule has 1 aromatic rings. The van der Waals surface area contributed by atoms with Crippen molar-refractivity contribution in [2.75, 3.05) is 17.3 Å². The molecule has 0 bridgehead atoms. The van der Waals surface area contributed by atoms with Crippen molar-refractivity contribution in [3.05, 3.63) is 11.8 Å². The molecule has 1 saturated carbocycles. The molecule has 1 aliphatic rings. The largest absolute Gasteiger partial charge is 0.396 e. The van der Waals surface area contributed by atoms with E-state index in [-0.39, 0.29) is 6.61 Å². The number of hydrazine groups is 1. The van der Waals surface area contributed by atoms with Gasteiger partial charge in [-0.3, -0.25) is 5.43 Å². The number of anilines is 2. The van der Waals surface area contributed by atoms with Gasteiger partial charge in [0.2, 0.25) is 5.95 Å². The first kappa shape index (κ1) is 12.1. The molecule has 2 atom stereocenters. The van der Waals surface area contributed by atoms with Crippen LogP contribution >= 0.6 is 0 Å². The Morgan fingerprint density at radius 2 is 2.29 bits per heavy atom. The van der Waals surface area contributed by atoms with E-state index in [9.17, 15) is 5.11 Å². The maximum Gasteiger partial charge on any atom is 0.239 e. The summed E-state index contributed by atoms with van der Waals surface area (Å²) in [6.45, 7) is 2.12. The van der Waals surface area contributed by atoms with Gasteiger partial charge in [0.15, 0.2) is 0 Å². The first-order chi connectivity index (χ1) is 8.22. The molecule has 0 saturated heterocycles. The van der Waals surface area contributed by atoms with Gasteiger partial charge in [-0.1, -0.05) is 6.42 Å². The number of hydrogen-bond acceptors (Lipinski definition) is 6. The number of rotatable bonds is 4. The zero-order valence-corrected chi connectivity index (χ0v) is 9.98. The van der Waals surface area contributed by atoms with Crippen molar-refractivity contribution >= 4 is 11.8 Å². The van der Waals surface area contributed by atoms with Gasteiger partial charge in [0.05, 0.1) is 0 Å². The second kappa shape index (κ2) is 5.29. The highest BCUT2D eigenvalue weighted by Gasteiger charge is 2.26. The van der Waals surface area contributed by atoms with E-state index in [0.717, 1.165) is 30.8 Å². The minimum absolute atomic E-state index is 0.226. The quantitative estimate of drug-likeness (QED) is 0.453. The molecule has 94 valence electrons. The first-order valence-electron chi connectivity index (χ1n) is 5.92. The highest BCUT2D eigenvalue weighted by molar-refractivity contribution is 5.42. The highest BCUT2D eigenvalue weighted by Crippen LogP contribution is 2.27. The summed E-state index contributed by atoms with van der Waals surface area (Å²) in [6.07, 6.45) is 3.29. The van der Waals surface area contributed by atoms with Gasteiger partial charge < -0.3 is 10.4 Å². The normalized spacial score (nSPS) is 23.7. The lowest BCUT2D eigenvalue weighted by molar-refractivity contribution is 0.222.